The Bertz CT molecular complexity index is 697. The number of amides is 1. The summed E-state index contributed by atoms with van der Waals surface area (Å²) in [5, 5.41) is 0. The van der Waals surface area contributed by atoms with E-state index in [1.54, 1.807) is 17.8 Å². The summed E-state index contributed by atoms with van der Waals surface area (Å²) in [6, 6.07) is 18.3. The van der Waals surface area contributed by atoms with Crippen molar-refractivity contribution in [2.45, 2.75) is 11.0 Å². The molecule has 1 saturated heterocycles. The van der Waals surface area contributed by atoms with Crippen molar-refractivity contribution in [3.05, 3.63) is 71.8 Å². The zero-order valence-corrected chi connectivity index (χ0v) is 14.5. The van der Waals surface area contributed by atoms with E-state index in [1.807, 2.05) is 53.4 Å². The molecule has 1 atom stereocenters. The minimum atomic E-state index is -0.0434. The first-order valence-electron chi connectivity index (χ1n) is 8.04. The van der Waals surface area contributed by atoms with Gasteiger partial charge in [0.2, 0.25) is 5.91 Å². The van der Waals surface area contributed by atoms with Gasteiger partial charge in [-0.2, -0.15) is 0 Å². The minimum absolute atomic E-state index is 0.0353. The molecule has 0 aromatic heterocycles. The maximum Gasteiger partial charge on any atom is 0.246 e. The number of morpholine rings is 1. The molecule has 0 N–H and O–H groups in total. The molecule has 0 radical (unpaired) electrons. The summed E-state index contributed by atoms with van der Waals surface area (Å²) >= 11 is 1.71. The van der Waals surface area contributed by atoms with Gasteiger partial charge in [0.15, 0.2) is 0 Å². The van der Waals surface area contributed by atoms with Gasteiger partial charge in [-0.25, -0.2) is 0 Å². The number of carbonyl (C=O) groups excluding carboxylic acids is 1. The lowest BCUT2D eigenvalue weighted by atomic mass is 10.1. The summed E-state index contributed by atoms with van der Waals surface area (Å²) in [5.41, 5.74) is 2.15. The summed E-state index contributed by atoms with van der Waals surface area (Å²) in [4.78, 5) is 15.5. The molecule has 1 aliphatic rings. The normalized spacial score (nSPS) is 18.0. The first-order valence-corrected chi connectivity index (χ1v) is 9.26. The van der Waals surface area contributed by atoms with Gasteiger partial charge in [-0.1, -0.05) is 42.5 Å². The van der Waals surface area contributed by atoms with Gasteiger partial charge in [0.1, 0.15) is 6.10 Å². The Kier molecular flexibility index (Phi) is 5.72. The molecule has 1 heterocycles. The molecule has 1 amide bonds. The number of nitrogens with zero attached hydrogens (tertiary/aromatic N) is 1. The lowest BCUT2D eigenvalue weighted by Crippen LogP contribution is -2.41. The molecule has 0 saturated carbocycles. The number of hydrogen-bond acceptors (Lipinski definition) is 3. The van der Waals surface area contributed by atoms with Crippen LogP contribution in [0.15, 0.2) is 65.6 Å². The average molecular weight is 339 g/mol. The van der Waals surface area contributed by atoms with E-state index >= 15 is 0 Å². The summed E-state index contributed by atoms with van der Waals surface area (Å²) in [6.07, 6.45) is 5.54. The zero-order valence-electron chi connectivity index (χ0n) is 13.7. The molecule has 1 aliphatic heterocycles. The molecule has 0 aliphatic carbocycles. The number of hydrogen-bond donors (Lipinski definition) is 0. The highest BCUT2D eigenvalue weighted by Gasteiger charge is 2.23. The summed E-state index contributed by atoms with van der Waals surface area (Å²) in [6.45, 7) is 1.80. The molecule has 124 valence electrons. The quantitative estimate of drug-likeness (QED) is 0.622. The first-order chi connectivity index (χ1) is 11.8. The van der Waals surface area contributed by atoms with Crippen molar-refractivity contribution >= 4 is 23.7 Å². The monoisotopic (exact) mass is 339 g/mol. The molecular weight excluding hydrogens is 318 g/mol. The number of ether oxygens (including phenoxy) is 1. The first kappa shape index (κ1) is 16.8. The second-order valence-electron chi connectivity index (χ2n) is 5.66. The maximum atomic E-state index is 12.5. The molecule has 2 aromatic rings. The van der Waals surface area contributed by atoms with Crippen molar-refractivity contribution in [3.63, 3.8) is 0 Å². The van der Waals surface area contributed by atoms with Crippen LogP contribution in [-0.2, 0) is 9.53 Å². The van der Waals surface area contributed by atoms with Crippen LogP contribution in [0.2, 0.25) is 0 Å². The van der Waals surface area contributed by atoms with Crippen molar-refractivity contribution in [1.29, 1.82) is 0 Å². The van der Waals surface area contributed by atoms with Crippen molar-refractivity contribution < 1.29 is 9.53 Å². The predicted octanol–water partition coefficient (Wildman–Crippen LogP) is 4.02. The second-order valence-corrected chi connectivity index (χ2v) is 6.54. The topological polar surface area (TPSA) is 29.5 Å². The van der Waals surface area contributed by atoms with Crippen LogP contribution in [0.4, 0.5) is 0 Å². The average Bonchev–Trinajstić information content (AvgIpc) is 2.67. The van der Waals surface area contributed by atoms with E-state index in [0.29, 0.717) is 19.7 Å². The van der Waals surface area contributed by atoms with Gasteiger partial charge in [0.25, 0.3) is 0 Å². The molecular formula is C20H21NO2S. The highest BCUT2D eigenvalue weighted by atomic mass is 32.2. The third-order valence-corrected chi connectivity index (χ3v) is 4.83. The number of benzene rings is 2. The van der Waals surface area contributed by atoms with E-state index in [-0.39, 0.29) is 12.0 Å². The number of carbonyl (C=O) groups is 1. The van der Waals surface area contributed by atoms with Crippen molar-refractivity contribution in [2.75, 3.05) is 26.0 Å². The number of rotatable bonds is 4. The second kappa shape index (κ2) is 8.18. The molecule has 2 aromatic carbocycles. The van der Waals surface area contributed by atoms with E-state index < -0.39 is 0 Å². The number of thioether (sulfide) groups is 1. The Morgan fingerprint density at radius 3 is 2.62 bits per heavy atom. The van der Waals surface area contributed by atoms with E-state index in [1.165, 1.54) is 4.90 Å². The summed E-state index contributed by atoms with van der Waals surface area (Å²) in [5.74, 6) is 0.0353. The predicted molar refractivity (Wildman–Crippen MR) is 99.0 cm³/mol. The Labute approximate surface area is 147 Å². The maximum absolute atomic E-state index is 12.5. The molecule has 0 spiro atoms. The van der Waals surface area contributed by atoms with Gasteiger partial charge >= 0.3 is 0 Å². The zero-order chi connectivity index (χ0) is 16.8. The van der Waals surface area contributed by atoms with Gasteiger partial charge in [-0.15, -0.1) is 11.8 Å². The molecule has 1 fully saturated rings. The Hall–Kier alpha value is -2.04. The van der Waals surface area contributed by atoms with Crippen molar-refractivity contribution in [1.82, 2.24) is 4.90 Å². The van der Waals surface area contributed by atoms with E-state index in [2.05, 4.69) is 18.4 Å². The Morgan fingerprint density at radius 2 is 1.92 bits per heavy atom. The molecule has 24 heavy (non-hydrogen) atoms. The fraction of sp³-hybridized carbons (Fsp3) is 0.250. The van der Waals surface area contributed by atoms with Gasteiger partial charge in [-0.3, -0.25) is 4.79 Å². The van der Waals surface area contributed by atoms with Crippen LogP contribution in [-0.4, -0.2) is 36.8 Å². The van der Waals surface area contributed by atoms with Crippen LogP contribution < -0.4 is 0 Å². The minimum Gasteiger partial charge on any atom is -0.370 e. The summed E-state index contributed by atoms with van der Waals surface area (Å²) < 4.78 is 5.81. The lowest BCUT2D eigenvalue weighted by molar-refractivity contribution is -0.133. The third kappa shape index (κ3) is 4.28. The van der Waals surface area contributed by atoms with Crippen LogP contribution >= 0.6 is 11.8 Å². The smallest absolute Gasteiger partial charge is 0.246 e. The van der Waals surface area contributed by atoms with Crippen LogP contribution in [0.25, 0.3) is 6.08 Å². The van der Waals surface area contributed by atoms with Crippen LogP contribution in [0.5, 0.6) is 0 Å². The molecule has 3 nitrogen and oxygen atoms in total. The Morgan fingerprint density at radius 1 is 1.17 bits per heavy atom. The van der Waals surface area contributed by atoms with Gasteiger partial charge in [-0.05, 0) is 35.6 Å². The lowest BCUT2D eigenvalue weighted by Gasteiger charge is -2.32. The fourth-order valence-corrected chi connectivity index (χ4v) is 3.11. The fourth-order valence-electron chi connectivity index (χ4n) is 2.71. The molecule has 3 rings (SSSR count). The van der Waals surface area contributed by atoms with Crippen molar-refractivity contribution in [3.8, 4) is 0 Å². The van der Waals surface area contributed by atoms with Crippen LogP contribution in [0.3, 0.4) is 0 Å². The van der Waals surface area contributed by atoms with Crippen molar-refractivity contribution in [2.24, 2.45) is 0 Å². The SMILES string of the molecule is CSc1ccc(C=CC(=O)N2CCOC(c3ccccc3)C2)cc1. The molecule has 0 bridgehead atoms. The van der Waals surface area contributed by atoms with Crippen LogP contribution in [0, 0.1) is 0 Å². The van der Waals surface area contributed by atoms with E-state index in [9.17, 15) is 4.79 Å². The van der Waals surface area contributed by atoms with Gasteiger partial charge in [0.05, 0.1) is 13.2 Å². The van der Waals surface area contributed by atoms with E-state index in [4.69, 9.17) is 4.74 Å². The highest BCUT2D eigenvalue weighted by Crippen LogP contribution is 2.22. The molecule has 1 unspecified atom stereocenters. The summed E-state index contributed by atoms with van der Waals surface area (Å²) in [7, 11) is 0. The van der Waals surface area contributed by atoms with E-state index in [0.717, 1.165) is 11.1 Å². The van der Waals surface area contributed by atoms with Gasteiger partial charge < -0.3 is 9.64 Å². The molecule has 4 heteroatoms. The Balaban J connectivity index is 1.62. The van der Waals surface area contributed by atoms with Crippen LogP contribution in [0.1, 0.15) is 17.2 Å². The highest BCUT2D eigenvalue weighted by molar-refractivity contribution is 7.98. The standard InChI is InChI=1S/C20H21NO2S/c1-24-18-10-7-16(8-11-18)9-12-20(22)21-13-14-23-19(15-21)17-5-3-2-4-6-17/h2-12,19H,13-15H2,1H3. The third-order valence-electron chi connectivity index (χ3n) is 4.08. The largest absolute Gasteiger partial charge is 0.370 e. The van der Waals surface area contributed by atoms with Gasteiger partial charge in [0, 0.05) is 17.5 Å².